The molecule has 1 heterocycles. The number of carbonyl (C=O) groups excluding carboxylic acids is 1. The predicted octanol–water partition coefficient (Wildman–Crippen LogP) is 3.92. The number of amides is 1. The van der Waals surface area contributed by atoms with Crippen LogP contribution in [-0.2, 0) is 11.2 Å². The van der Waals surface area contributed by atoms with Gasteiger partial charge < -0.3 is 10.3 Å². The lowest BCUT2D eigenvalue weighted by Crippen LogP contribution is -2.16. The van der Waals surface area contributed by atoms with Crippen molar-refractivity contribution in [3.05, 3.63) is 70.3 Å². The third-order valence-electron chi connectivity index (χ3n) is 4.13. The number of fused-ring (bicyclic) bond motifs is 1. The fourth-order valence-electron chi connectivity index (χ4n) is 2.60. The van der Waals surface area contributed by atoms with Gasteiger partial charge in [-0.15, -0.1) is 11.8 Å². The number of aromatic nitrogens is 2. The van der Waals surface area contributed by atoms with E-state index in [2.05, 4.69) is 22.2 Å². The second-order valence-electron chi connectivity index (χ2n) is 6.02. The first-order valence-corrected chi connectivity index (χ1v) is 9.61. The lowest BCUT2D eigenvalue weighted by atomic mass is 10.1. The third kappa shape index (κ3) is 4.32. The lowest BCUT2D eigenvalue weighted by molar-refractivity contribution is -0.113. The summed E-state index contributed by atoms with van der Waals surface area (Å²) in [5.74, 6) is 0.792. The average Bonchev–Trinajstić information content (AvgIpc) is 2.66. The van der Waals surface area contributed by atoms with Crippen molar-refractivity contribution in [3.63, 3.8) is 0 Å². The van der Waals surface area contributed by atoms with E-state index in [-0.39, 0.29) is 22.5 Å². The Hall–Kier alpha value is -2.60. The number of nitrogens with zero attached hydrogens (tertiary/aromatic N) is 1. The molecule has 0 aliphatic heterocycles. The second kappa shape index (κ2) is 8.19. The van der Waals surface area contributed by atoms with Gasteiger partial charge in [-0.05, 0) is 43.2 Å². The van der Waals surface area contributed by atoms with E-state index in [9.17, 15) is 9.59 Å². The lowest BCUT2D eigenvalue weighted by Gasteiger charge is -2.11. The van der Waals surface area contributed by atoms with Gasteiger partial charge >= 0.3 is 0 Å². The topological polar surface area (TPSA) is 74.8 Å². The summed E-state index contributed by atoms with van der Waals surface area (Å²) in [6, 6.07) is 15.1. The first-order valence-electron chi connectivity index (χ1n) is 8.56. The molecule has 1 atom stereocenters. The van der Waals surface area contributed by atoms with Gasteiger partial charge in [0.2, 0.25) is 5.91 Å². The molecule has 1 unspecified atom stereocenters. The minimum absolute atomic E-state index is 0.0748. The Morgan fingerprint density at radius 3 is 2.65 bits per heavy atom. The monoisotopic (exact) mass is 367 g/mol. The van der Waals surface area contributed by atoms with Crippen molar-refractivity contribution in [1.29, 1.82) is 0 Å². The van der Waals surface area contributed by atoms with Crippen molar-refractivity contribution >= 4 is 34.3 Å². The number of thioether (sulfide) groups is 1. The highest BCUT2D eigenvalue weighted by Crippen LogP contribution is 2.25. The maximum atomic E-state index is 12.2. The smallest absolute Gasteiger partial charge is 0.258 e. The van der Waals surface area contributed by atoms with Crippen molar-refractivity contribution in [2.24, 2.45) is 0 Å². The number of hydrogen-bond acceptors (Lipinski definition) is 4. The minimum atomic E-state index is -0.154. The SMILES string of the molecule is CCc1ccc(NC(=O)CSC(C)c2nc3ccccc3c(=O)[nH]2)cc1. The summed E-state index contributed by atoms with van der Waals surface area (Å²) in [5.41, 5.74) is 2.53. The highest BCUT2D eigenvalue weighted by Gasteiger charge is 2.13. The van der Waals surface area contributed by atoms with Crippen LogP contribution < -0.4 is 10.9 Å². The molecule has 0 aliphatic rings. The summed E-state index contributed by atoms with van der Waals surface area (Å²) in [6.07, 6.45) is 0.971. The largest absolute Gasteiger partial charge is 0.325 e. The fourth-order valence-corrected chi connectivity index (χ4v) is 3.34. The van der Waals surface area contributed by atoms with E-state index in [0.717, 1.165) is 12.1 Å². The molecule has 134 valence electrons. The van der Waals surface area contributed by atoms with E-state index in [4.69, 9.17) is 0 Å². The zero-order valence-corrected chi connectivity index (χ0v) is 15.6. The zero-order chi connectivity index (χ0) is 18.5. The molecule has 2 aromatic carbocycles. The predicted molar refractivity (Wildman–Crippen MR) is 108 cm³/mol. The second-order valence-corrected chi connectivity index (χ2v) is 7.35. The highest BCUT2D eigenvalue weighted by atomic mass is 32.2. The molecule has 3 rings (SSSR count). The molecule has 0 radical (unpaired) electrons. The number of aryl methyl sites for hydroxylation is 1. The molecule has 6 heteroatoms. The standard InChI is InChI=1S/C20H21N3O2S/c1-3-14-8-10-15(11-9-14)21-18(24)12-26-13(2)19-22-17-7-5-4-6-16(17)20(25)23-19/h4-11,13H,3,12H2,1-2H3,(H,21,24)(H,22,23,25). The maximum absolute atomic E-state index is 12.2. The van der Waals surface area contributed by atoms with Gasteiger partial charge in [-0.2, -0.15) is 0 Å². The van der Waals surface area contributed by atoms with Crippen LogP contribution in [-0.4, -0.2) is 21.6 Å². The van der Waals surface area contributed by atoms with E-state index >= 15 is 0 Å². The zero-order valence-electron chi connectivity index (χ0n) is 14.8. The molecule has 1 amide bonds. The quantitative estimate of drug-likeness (QED) is 0.692. The number of carbonyl (C=O) groups is 1. The molecular formula is C20H21N3O2S. The van der Waals surface area contributed by atoms with Crippen LogP contribution in [0.25, 0.3) is 10.9 Å². The van der Waals surface area contributed by atoms with Gasteiger partial charge in [-0.25, -0.2) is 4.98 Å². The van der Waals surface area contributed by atoms with Gasteiger partial charge in [0.05, 0.1) is 21.9 Å². The molecule has 2 N–H and O–H groups in total. The van der Waals surface area contributed by atoms with Gasteiger partial charge in [-0.3, -0.25) is 9.59 Å². The van der Waals surface area contributed by atoms with Crippen molar-refractivity contribution < 1.29 is 4.79 Å². The molecule has 0 aliphatic carbocycles. The molecule has 0 fully saturated rings. The van der Waals surface area contributed by atoms with Crippen LogP contribution in [0.3, 0.4) is 0 Å². The van der Waals surface area contributed by atoms with Crippen LogP contribution >= 0.6 is 11.8 Å². The summed E-state index contributed by atoms with van der Waals surface area (Å²) >= 11 is 1.44. The Balaban J connectivity index is 1.62. The molecule has 1 aromatic heterocycles. The first-order chi connectivity index (χ1) is 12.6. The van der Waals surface area contributed by atoms with E-state index in [1.807, 2.05) is 49.4 Å². The summed E-state index contributed by atoms with van der Waals surface area (Å²) in [5, 5.41) is 3.36. The average molecular weight is 367 g/mol. The molecule has 26 heavy (non-hydrogen) atoms. The van der Waals surface area contributed by atoms with E-state index in [0.29, 0.717) is 16.7 Å². The van der Waals surface area contributed by atoms with Gasteiger partial charge in [-0.1, -0.05) is 31.2 Å². The molecule has 0 spiro atoms. The van der Waals surface area contributed by atoms with Crippen molar-refractivity contribution in [2.75, 3.05) is 11.1 Å². The summed E-state index contributed by atoms with van der Waals surface area (Å²) in [6.45, 7) is 4.03. The number of H-pyrrole nitrogens is 1. The molecule has 0 saturated heterocycles. The molecule has 0 bridgehead atoms. The maximum Gasteiger partial charge on any atom is 0.258 e. The number of aromatic amines is 1. The van der Waals surface area contributed by atoms with Gasteiger partial charge in [0.25, 0.3) is 5.56 Å². The van der Waals surface area contributed by atoms with Crippen molar-refractivity contribution in [2.45, 2.75) is 25.5 Å². The Morgan fingerprint density at radius 1 is 1.19 bits per heavy atom. The Morgan fingerprint density at radius 2 is 1.92 bits per heavy atom. The van der Waals surface area contributed by atoms with Crippen LogP contribution in [0, 0.1) is 0 Å². The van der Waals surface area contributed by atoms with Crippen LogP contribution in [0.4, 0.5) is 5.69 Å². The molecule has 0 saturated carbocycles. The van der Waals surface area contributed by atoms with Gasteiger partial charge in [0.1, 0.15) is 5.82 Å². The van der Waals surface area contributed by atoms with E-state index in [1.165, 1.54) is 17.3 Å². The van der Waals surface area contributed by atoms with Crippen LogP contribution in [0.2, 0.25) is 0 Å². The third-order valence-corrected chi connectivity index (χ3v) is 5.28. The molecule has 3 aromatic rings. The Bertz CT molecular complexity index is 967. The molecular weight excluding hydrogens is 346 g/mol. The minimum Gasteiger partial charge on any atom is -0.325 e. The summed E-state index contributed by atoms with van der Waals surface area (Å²) in [7, 11) is 0. The number of benzene rings is 2. The Labute approximate surface area is 156 Å². The van der Waals surface area contributed by atoms with Gasteiger partial charge in [0, 0.05) is 5.69 Å². The van der Waals surface area contributed by atoms with Crippen LogP contribution in [0.1, 0.15) is 30.5 Å². The molecule has 5 nitrogen and oxygen atoms in total. The van der Waals surface area contributed by atoms with E-state index < -0.39 is 0 Å². The number of nitrogens with one attached hydrogen (secondary N) is 2. The fraction of sp³-hybridized carbons (Fsp3) is 0.250. The number of hydrogen-bond donors (Lipinski definition) is 2. The number of para-hydroxylation sites is 1. The number of rotatable bonds is 6. The van der Waals surface area contributed by atoms with Gasteiger partial charge in [0.15, 0.2) is 0 Å². The summed E-state index contributed by atoms with van der Waals surface area (Å²) < 4.78 is 0. The normalized spacial score (nSPS) is 12.1. The number of anilines is 1. The van der Waals surface area contributed by atoms with Crippen molar-refractivity contribution in [3.8, 4) is 0 Å². The van der Waals surface area contributed by atoms with Crippen molar-refractivity contribution in [1.82, 2.24) is 9.97 Å². The first kappa shape index (κ1) is 18.2. The Kier molecular flexibility index (Phi) is 5.73. The summed E-state index contributed by atoms with van der Waals surface area (Å²) in [4.78, 5) is 31.6. The van der Waals surface area contributed by atoms with Crippen LogP contribution in [0.15, 0.2) is 53.3 Å². The van der Waals surface area contributed by atoms with Crippen LogP contribution in [0.5, 0.6) is 0 Å². The van der Waals surface area contributed by atoms with E-state index in [1.54, 1.807) is 6.07 Å². The highest BCUT2D eigenvalue weighted by molar-refractivity contribution is 8.00.